The Morgan fingerprint density at radius 2 is 1.95 bits per heavy atom. The number of benzene rings is 1. The molecule has 0 fully saturated rings. The quantitative estimate of drug-likeness (QED) is 0.843. The fraction of sp³-hybridized carbons (Fsp3) is 0.588. The highest BCUT2D eigenvalue weighted by molar-refractivity contribution is 5.48. The van der Waals surface area contributed by atoms with Crippen molar-refractivity contribution < 1.29 is 14.6 Å². The Bertz CT molecular complexity index is 411. The molecule has 2 rings (SSSR count). The Labute approximate surface area is 123 Å². The van der Waals surface area contributed by atoms with Gasteiger partial charge in [0.25, 0.3) is 0 Å². The summed E-state index contributed by atoms with van der Waals surface area (Å²) in [5.41, 5.74) is 4.16. The first-order valence-electron chi connectivity index (χ1n) is 7.15. The Hall–Kier alpha value is -1.35. The van der Waals surface area contributed by atoms with Gasteiger partial charge in [-0.05, 0) is 37.3 Å². The fourth-order valence-electron chi connectivity index (χ4n) is 2.37. The van der Waals surface area contributed by atoms with Crippen molar-refractivity contribution in [1.29, 1.82) is 0 Å². The van der Waals surface area contributed by atoms with E-state index in [4.69, 9.17) is 14.6 Å². The van der Waals surface area contributed by atoms with E-state index >= 15 is 0 Å². The van der Waals surface area contributed by atoms with Gasteiger partial charge in [0.2, 0.25) is 0 Å². The molecule has 20 heavy (non-hydrogen) atoms. The first-order chi connectivity index (χ1) is 9.54. The van der Waals surface area contributed by atoms with Gasteiger partial charge in [0.15, 0.2) is 0 Å². The van der Waals surface area contributed by atoms with Crippen molar-refractivity contribution in [3.8, 4) is 5.75 Å². The van der Waals surface area contributed by atoms with Crippen LogP contribution in [0, 0.1) is 12.8 Å². The van der Waals surface area contributed by atoms with E-state index in [1.54, 1.807) is 0 Å². The molecule has 0 spiro atoms. The number of aldehydes is 1. The van der Waals surface area contributed by atoms with Gasteiger partial charge in [-0.3, -0.25) is 0 Å². The summed E-state index contributed by atoms with van der Waals surface area (Å²) in [7, 11) is 1.00. The van der Waals surface area contributed by atoms with Crippen LogP contribution in [0.3, 0.4) is 0 Å². The highest BCUT2D eigenvalue weighted by Gasteiger charge is 2.28. The van der Waals surface area contributed by atoms with Gasteiger partial charge in [-0.15, -0.1) is 0 Å². The molecule has 0 bridgehead atoms. The van der Waals surface area contributed by atoms with E-state index in [9.17, 15) is 0 Å². The normalized spacial score (nSPS) is 15.3. The highest BCUT2D eigenvalue weighted by atomic mass is 16.5. The Balaban J connectivity index is 0.000000641. The molecule has 1 aliphatic heterocycles. The monoisotopic (exact) mass is 280 g/mol. The zero-order chi connectivity index (χ0) is 15.7. The van der Waals surface area contributed by atoms with E-state index in [0.717, 1.165) is 32.2 Å². The lowest BCUT2D eigenvalue weighted by atomic mass is 9.88. The average molecular weight is 280 g/mol. The summed E-state index contributed by atoms with van der Waals surface area (Å²) in [6, 6.07) is 4.58. The van der Waals surface area contributed by atoms with Crippen LogP contribution in [0.4, 0.5) is 0 Å². The lowest BCUT2D eigenvalue weighted by Crippen LogP contribution is -2.07. The third kappa shape index (κ3) is 4.64. The molecular formula is C17H28O3. The van der Waals surface area contributed by atoms with Gasteiger partial charge in [0.05, 0.1) is 6.61 Å². The summed E-state index contributed by atoms with van der Waals surface area (Å²) in [4.78, 5) is 8.81. The average Bonchev–Trinajstić information content (AvgIpc) is 2.86. The maximum absolute atomic E-state index is 8.81. The molecule has 3 nitrogen and oxygen atoms in total. The van der Waals surface area contributed by atoms with Crippen LogP contribution in [0.1, 0.15) is 50.3 Å². The number of fused-ring (bicyclic) bond motifs is 1. The van der Waals surface area contributed by atoms with Crippen molar-refractivity contribution in [1.82, 2.24) is 0 Å². The van der Waals surface area contributed by atoms with Crippen LogP contribution in [-0.2, 0) is 11.2 Å². The van der Waals surface area contributed by atoms with Gasteiger partial charge in [0, 0.05) is 18.6 Å². The first kappa shape index (κ1) is 18.7. The number of carbonyl (C=O) groups is 1. The predicted molar refractivity (Wildman–Crippen MR) is 83.5 cm³/mol. The molecule has 1 aromatic carbocycles. The molecule has 1 heterocycles. The standard InChI is InChI=1S/C14H20O.C2H4O.CH4O/c1-5-11-6-10(4)14-12(7-11)13(8-15-14)9(2)3;1-2-3;1-2/h6-7,9,13H,5,8H2,1-4H3;2H,1H3;2H,1H3. The number of hydrogen-bond donors (Lipinski definition) is 1. The molecule has 1 N–H and O–H groups in total. The fourth-order valence-corrected chi connectivity index (χ4v) is 2.37. The molecule has 1 unspecified atom stereocenters. The van der Waals surface area contributed by atoms with E-state index in [0.29, 0.717) is 11.8 Å². The number of ether oxygens (including phenoxy) is 1. The molecule has 0 aromatic heterocycles. The second-order valence-corrected chi connectivity index (χ2v) is 5.08. The minimum atomic E-state index is 0.588. The van der Waals surface area contributed by atoms with Crippen molar-refractivity contribution in [2.75, 3.05) is 13.7 Å². The minimum Gasteiger partial charge on any atom is -0.492 e. The maximum atomic E-state index is 8.81. The molecule has 0 saturated carbocycles. The van der Waals surface area contributed by atoms with Crippen LogP contribution in [0.15, 0.2) is 12.1 Å². The van der Waals surface area contributed by atoms with Crippen LogP contribution >= 0.6 is 0 Å². The third-order valence-electron chi connectivity index (χ3n) is 3.38. The van der Waals surface area contributed by atoms with Gasteiger partial charge >= 0.3 is 0 Å². The second-order valence-electron chi connectivity index (χ2n) is 5.08. The lowest BCUT2D eigenvalue weighted by molar-refractivity contribution is -0.106. The van der Waals surface area contributed by atoms with Crippen LogP contribution in [-0.4, -0.2) is 25.1 Å². The molecule has 1 aromatic rings. The molecular weight excluding hydrogens is 252 g/mol. The van der Waals surface area contributed by atoms with E-state index in [-0.39, 0.29) is 0 Å². The number of aliphatic hydroxyl groups excluding tert-OH is 1. The predicted octanol–water partition coefficient (Wildman–Crippen LogP) is 3.50. The molecule has 114 valence electrons. The zero-order valence-corrected chi connectivity index (χ0v) is 13.6. The summed E-state index contributed by atoms with van der Waals surface area (Å²) in [6.45, 7) is 11.2. The summed E-state index contributed by atoms with van der Waals surface area (Å²) in [5.74, 6) is 2.40. The van der Waals surface area contributed by atoms with Crippen LogP contribution in [0.5, 0.6) is 5.75 Å². The number of carbonyl (C=O) groups excluding carboxylic acids is 1. The molecule has 3 heteroatoms. The molecule has 1 aliphatic rings. The molecule has 0 saturated heterocycles. The highest BCUT2D eigenvalue weighted by Crippen LogP contribution is 2.41. The number of hydrogen-bond acceptors (Lipinski definition) is 3. The Kier molecular flexibility index (Phi) is 8.89. The summed E-state index contributed by atoms with van der Waals surface area (Å²) in [6.07, 6.45) is 1.86. The molecule has 0 aliphatic carbocycles. The second kappa shape index (κ2) is 9.54. The largest absolute Gasteiger partial charge is 0.492 e. The van der Waals surface area contributed by atoms with Crippen LogP contribution in [0.2, 0.25) is 0 Å². The van der Waals surface area contributed by atoms with Crippen molar-refractivity contribution in [3.63, 3.8) is 0 Å². The van der Waals surface area contributed by atoms with Crippen molar-refractivity contribution >= 4 is 6.29 Å². The van der Waals surface area contributed by atoms with E-state index in [1.165, 1.54) is 23.6 Å². The lowest BCUT2D eigenvalue weighted by Gasteiger charge is -2.13. The molecule has 0 amide bonds. The zero-order valence-electron chi connectivity index (χ0n) is 13.6. The van der Waals surface area contributed by atoms with Crippen LogP contribution in [0.25, 0.3) is 0 Å². The van der Waals surface area contributed by atoms with E-state index in [2.05, 4.69) is 39.8 Å². The SMILES string of the molecule is CC=O.CCc1cc(C)c2c(c1)C(C(C)C)CO2.CO. The number of aliphatic hydroxyl groups is 1. The number of rotatable bonds is 2. The van der Waals surface area contributed by atoms with Crippen LogP contribution < -0.4 is 4.74 Å². The third-order valence-corrected chi connectivity index (χ3v) is 3.38. The van der Waals surface area contributed by atoms with Crippen molar-refractivity contribution in [2.45, 2.75) is 47.0 Å². The number of aryl methyl sites for hydroxylation is 2. The van der Waals surface area contributed by atoms with Gasteiger partial charge in [-0.2, -0.15) is 0 Å². The van der Waals surface area contributed by atoms with Crippen molar-refractivity contribution in [3.05, 3.63) is 28.8 Å². The smallest absolute Gasteiger partial charge is 0.125 e. The van der Waals surface area contributed by atoms with Gasteiger partial charge in [-0.1, -0.05) is 32.9 Å². The van der Waals surface area contributed by atoms with E-state index < -0.39 is 0 Å². The summed E-state index contributed by atoms with van der Waals surface area (Å²) in [5, 5.41) is 7.00. The summed E-state index contributed by atoms with van der Waals surface area (Å²) >= 11 is 0. The van der Waals surface area contributed by atoms with Gasteiger partial charge in [0.1, 0.15) is 12.0 Å². The topological polar surface area (TPSA) is 46.5 Å². The maximum Gasteiger partial charge on any atom is 0.125 e. The first-order valence-corrected chi connectivity index (χ1v) is 7.15. The van der Waals surface area contributed by atoms with Crippen molar-refractivity contribution in [2.24, 2.45) is 5.92 Å². The summed E-state index contributed by atoms with van der Waals surface area (Å²) < 4.78 is 5.80. The Morgan fingerprint density at radius 3 is 2.40 bits per heavy atom. The van der Waals surface area contributed by atoms with Gasteiger partial charge < -0.3 is 14.6 Å². The van der Waals surface area contributed by atoms with E-state index in [1.807, 2.05) is 0 Å². The molecule has 1 atom stereocenters. The molecule has 0 radical (unpaired) electrons. The minimum absolute atomic E-state index is 0.588. The van der Waals surface area contributed by atoms with Gasteiger partial charge in [-0.25, -0.2) is 0 Å². The Morgan fingerprint density at radius 1 is 1.40 bits per heavy atom.